The fourth-order valence-corrected chi connectivity index (χ4v) is 1.29. The summed E-state index contributed by atoms with van der Waals surface area (Å²) in [4.78, 5) is 11.3. The molecule has 0 aliphatic carbocycles. The molecule has 15 heavy (non-hydrogen) atoms. The van der Waals surface area contributed by atoms with E-state index < -0.39 is 0 Å². The van der Waals surface area contributed by atoms with Crippen LogP contribution in [0.15, 0.2) is 42.5 Å². The largest absolute Gasteiger partial charge is 0.295 e. The Bertz CT molecular complexity index is 322. The number of rotatable bonds is 5. The summed E-state index contributed by atoms with van der Waals surface area (Å²) in [6, 6.07) is 10.3. The minimum absolute atomic E-state index is 0.109. The van der Waals surface area contributed by atoms with Crippen LogP contribution in [0.1, 0.15) is 25.8 Å². The lowest BCUT2D eigenvalue weighted by Crippen LogP contribution is -2.01. The van der Waals surface area contributed by atoms with Crippen LogP contribution < -0.4 is 0 Å². The molecule has 0 saturated carbocycles. The Morgan fingerprint density at radius 3 is 2.53 bits per heavy atom. The number of hydrogen-bond acceptors (Lipinski definition) is 1. The second-order valence-electron chi connectivity index (χ2n) is 3.98. The van der Waals surface area contributed by atoms with Crippen LogP contribution in [0.5, 0.6) is 0 Å². The van der Waals surface area contributed by atoms with Gasteiger partial charge in [0.2, 0.25) is 0 Å². The monoisotopic (exact) mass is 202 g/mol. The maximum absolute atomic E-state index is 11.3. The molecule has 1 aromatic carbocycles. The molecular formula is C14H18O. The van der Waals surface area contributed by atoms with Crippen LogP contribution in [0.2, 0.25) is 0 Å². The van der Waals surface area contributed by atoms with Crippen molar-refractivity contribution in [2.24, 2.45) is 5.92 Å². The third-order valence-electron chi connectivity index (χ3n) is 2.29. The zero-order chi connectivity index (χ0) is 11.1. The average Bonchev–Trinajstić information content (AvgIpc) is 2.25. The number of benzene rings is 1. The van der Waals surface area contributed by atoms with Crippen molar-refractivity contribution in [3.63, 3.8) is 0 Å². The smallest absolute Gasteiger partial charge is 0.157 e. The Morgan fingerprint density at radius 2 is 1.93 bits per heavy atom. The van der Waals surface area contributed by atoms with Crippen molar-refractivity contribution in [2.75, 3.05) is 0 Å². The topological polar surface area (TPSA) is 17.1 Å². The van der Waals surface area contributed by atoms with Gasteiger partial charge in [0.05, 0.1) is 0 Å². The van der Waals surface area contributed by atoms with E-state index in [1.807, 2.05) is 38.1 Å². The highest BCUT2D eigenvalue weighted by Crippen LogP contribution is 2.03. The zero-order valence-corrected chi connectivity index (χ0v) is 9.44. The molecule has 0 aliphatic heterocycles. The number of ketones is 1. The summed E-state index contributed by atoms with van der Waals surface area (Å²) in [5, 5.41) is 0. The Labute approximate surface area is 91.8 Å². The van der Waals surface area contributed by atoms with Crippen molar-refractivity contribution >= 4 is 5.78 Å². The second kappa shape index (κ2) is 6.18. The summed E-state index contributed by atoms with van der Waals surface area (Å²) < 4.78 is 0. The van der Waals surface area contributed by atoms with Crippen molar-refractivity contribution in [1.29, 1.82) is 0 Å². The predicted molar refractivity (Wildman–Crippen MR) is 63.7 cm³/mol. The number of hydrogen-bond donors (Lipinski definition) is 0. The molecule has 0 radical (unpaired) electrons. The van der Waals surface area contributed by atoms with E-state index in [4.69, 9.17) is 0 Å². The molecule has 0 heterocycles. The molecule has 0 spiro atoms. The quantitative estimate of drug-likeness (QED) is 0.669. The van der Waals surface area contributed by atoms with E-state index in [0.717, 1.165) is 12.8 Å². The first-order valence-corrected chi connectivity index (χ1v) is 5.44. The van der Waals surface area contributed by atoms with Crippen LogP contribution >= 0.6 is 0 Å². The van der Waals surface area contributed by atoms with Crippen molar-refractivity contribution < 1.29 is 4.79 Å². The lowest BCUT2D eigenvalue weighted by Gasteiger charge is -1.98. The van der Waals surface area contributed by atoms with E-state index in [2.05, 4.69) is 12.1 Å². The van der Waals surface area contributed by atoms with Crippen LogP contribution in [0, 0.1) is 5.92 Å². The molecule has 1 nitrogen and oxygen atoms in total. The molecule has 0 unspecified atom stereocenters. The number of aryl methyl sites for hydroxylation is 1. The van der Waals surface area contributed by atoms with Gasteiger partial charge in [-0.15, -0.1) is 0 Å². The molecule has 0 aromatic heterocycles. The summed E-state index contributed by atoms with van der Waals surface area (Å²) in [5.74, 6) is 0.320. The van der Waals surface area contributed by atoms with Gasteiger partial charge in [-0.05, 0) is 24.5 Å². The lowest BCUT2D eigenvalue weighted by molar-refractivity contribution is -0.117. The van der Waals surface area contributed by atoms with Crippen LogP contribution in [0.3, 0.4) is 0 Å². The van der Waals surface area contributed by atoms with Gasteiger partial charge < -0.3 is 0 Å². The first-order valence-electron chi connectivity index (χ1n) is 5.44. The van der Waals surface area contributed by atoms with E-state index in [1.165, 1.54) is 5.56 Å². The molecule has 0 bridgehead atoms. The maximum Gasteiger partial charge on any atom is 0.157 e. The van der Waals surface area contributed by atoms with Crippen LogP contribution in [-0.4, -0.2) is 5.78 Å². The molecule has 0 N–H and O–H groups in total. The molecule has 0 amide bonds. The molecule has 80 valence electrons. The minimum atomic E-state index is 0.109. The average molecular weight is 202 g/mol. The predicted octanol–water partition coefficient (Wildman–Crippen LogP) is 3.40. The van der Waals surface area contributed by atoms with Gasteiger partial charge in [0.25, 0.3) is 0 Å². The SMILES string of the molecule is CC(C)C(=O)/C=C\CCc1ccccc1. The van der Waals surface area contributed by atoms with Gasteiger partial charge in [-0.25, -0.2) is 0 Å². The number of carbonyl (C=O) groups is 1. The van der Waals surface area contributed by atoms with Gasteiger partial charge >= 0.3 is 0 Å². The fraction of sp³-hybridized carbons (Fsp3) is 0.357. The van der Waals surface area contributed by atoms with Gasteiger partial charge in [0.15, 0.2) is 5.78 Å². The standard InChI is InChI=1S/C14H18O/c1-12(2)14(15)11-7-6-10-13-8-4-3-5-9-13/h3-5,7-9,11-12H,6,10H2,1-2H3/b11-7-. The maximum atomic E-state index is 11.3. The first kappa shape index (κ1) is 11.7. The highest BCUT2D eigenvalue weighted by molar-refractivity contribution is 5.91. The van der Waals surface area contributed by atoms with E-state index >= 15 is 0 Å². The van der Waals surface area contributed by atoms with Gasteiger partial charge in [-0.1, -0.05) is 50.3 Å². The number of allylic oxidation sites excluding steroid dienone is 2. The summed E-state index contributed by atoms with van der Waals surface area (Å²) in [6.45, 7) is 3.84. The van der Waals surface area contributed by atoms with Crippen LogP contribution in [-0.2, 0) is 11.2 Å². The number of carbonyl (C=O) groups excluding carboxylic acids is 1. The summed E-state index contributed by atoms with van der Waals surface area (Å²) >= 11 is 0. The Hall–Kier alpha value is -1.37. The van der Waals surface area contributed by atoms with E-state index in [-0.39, 0.29) is 11.7 Å². The van der Waals surface area contributed by atoms with Gasteiger partial charge in [-0.2, -0.15) is 0 Å². The van der Waals surface area contributed by atoms with Crippen molar-refractivity contribution in [2.45, 2.75) is 26.7 Å². The second-order valence-corrected chi connectivity index (χ2v) is 3.98. The molecule has 0 aliphatic rings. The summed E-state index contributed by atoms with van der Waals surface area (Å²) in [5.41, 5.74) is 1.32. The third-order valence-corrected chi connectivity index (χ3v) is 2.29. The van der Waals surface area contributed by atoms with E-state index in [0.29, 0.717) is 0 Å². The van der Waals surface area contributed by atoms with Crippen LogP contribution in [0.25, 0.3) is 0 Å². The van der Waals surface area contributed by atoms with E-state index in [1.54, 1.807) is 6.08 Å². The minimum Gasteiger partial charge on any atom is -0.295 e. The lowest BCUT2D eigenvalue weighted by atomic mass is 10.1. The van der Waals surface area contributed by atoms with Crippen molar-refractivity contribution in [3.05, 3.63) is 48.0 Å². The Morgan fingerprint density at radius 1 is 1.27 bits per heavy atom. The summed E-state index contributed by atoms with van der Waals surface area (Å²) in [7, 11) is 0. The fourth-order valence-electron chi connectivity index (χ4n) is 1.29. The summed E-state index contributed by atoms with van der Waals surface area (Å²) in [6.07, 6.45) is 5.61. The molecule has 0 saturated heterocycles. The molecule has 0 atom stereocenters. The molecule has 1 heteroatoms. The third kappa shape index (κ3) is 4.59. The highest BCUT2D eigenvalue weighted by atomic mass is 16.1. The highest BCUT2D eigenvalue weighted by Gasteiger charge is 2.00. The molecule has 1 rings (SSSR count). The Kier molecular flexibility index (Phi) is 4.82. The van der Waals surface area contributed by atoms with Crippen molar-refractivity contribution in [1.82, 2.24) is 0 Å². The van der Waals surface area contributed by atoms with Gasteiger partial charge in [0.1, 0.15) is 0 Å². The van der Waals surface area contributed by atoms with E-state index in [9.17, 15) is 4.79 Å². The molecular weight excluding hydrogens is 184 g/mol. The Balaban J connectivity index is 2.31. The van der Waals surface area contributed by atoms with Gasteiger partial charge in [0, 0.05) is 5.92 Å². The molecule has 0 fully saturated rings. The normalized spacial score (nSPS) is 11.1. The van der Waals surface area contributed by atoms with Gasteiger partial charge in [-0.3, -0.25) is 4.79 Å². The molecule has 1 aromatic rings. The zero-order valence-electron chi connectivity index (χ0n) is 9.44. The van der Waals surface area contributed by atoms with Crippen LogP contribution in [0.4, 0.5) is 0 Å². The van der Waals surface area contributed by atoms with Crippen molar-refractivity contribution in [3.8, 4) is 0 Å². The first-order chi connectivity index (χ1) is 7.20.